The van der Waals surface area contributed by atoms with Gasteiger partial charge in [-0.25, -0.2) is 0 Å². The largest absolute Gasteiger partial charge is 0.323 e. The fourth-order valence-electron chi connectivity index (χ4n) is 2.30. The molecule has 16 heavy (non-hydrogen) atoms. The quantitative estimate of drug-likeness (QED) is 0.841. The molecule has 2 heteroatoms. The normalized spacial score (nSPS) is 17.8. The van der Waals surface area contributed by atoms with Crippen LogP contribution in [0.15, 0.2) is 18.2 Å². The molecule has 2 nitrogen and oxygen atoms in total. The van der Waals surface area contributed by atoms with E-state index >= 15 is 0 Å². The third-order valence-electron chi connectivity index (χ3n) is 3.33. The van der Waals surface area contributed by atoms with E-state index in [2.05, 4.69) is 44.0 Å². The standard InChI is InChI=1S/C14H22N2/c1-10-6-11(2)8-12(7-10)14(15)9-16(3)13-4-5-13/h6-8,13-14H,4-5,9,15H2,1-3H3. The van der Waals surface area contributed by atoms with E-state index in [1.165, 1.54) is 29.5 Å². The van der Waals surface area contributed by atoms with Crippen molar-refractivity contribution in [3.05, 3.63) is 34.9 Å². The molecule has 0 amide bonds. The molecule has 1 unspecified atom stereocenters. The van der Waals surface area contributed by atoms with Gasteiger partial charge in [0.15, 0.2) is 0 Å². The molecule has 1 aromatic carbocycles. The second kappa shape index (κ2) is 4.56. The number of hydrogen-bond acceptors (Lipinski definition) is 2. The summed E-state index contributed by atoms with van der Waals surface area (Å²) in [6.07, 6.45) is 2.69. The minimum atomic E-state index is 0.143. The summed E-state index contributed by atoms with van der Waals surface area (Å²) in [6.45, 7) is 5.23. The van der Waals surface area contributed by atoms with Crippen molar-refractivity contribution in [3.63, 3.8) is 0 Å². The van der Waals surface area contributed by atoms with Crippen LogP contribution in [0.1, 0.15) is 35.6 Å². The lowest BCUT2D eigenvalue weighted by Crippen LogP contribution is -2.30. The molecule has 1 fully saturated rings. The zero-order valence-electron chi connectivity index (χ0n) is 10.5. The Hall–Kier alpha value is -0.860. The van der Waals surface area contributed by atoms with Crippen LogP contribution in [0.5, 0.6) is 0 Å². The van der Waals surface area contributed by atoms with E-state index in [4.69, 9.17) is 5.73 Å². The summed E-state index contributed by atoms with van der Waals surface area (Å²) in [5.74, 6) is 0. The number of nitrogens with two attached hydrogens (primary N) is 1. The molecule has 2 rings (SSSR count). The first-order valence-corrected chi connectivity index (χ1v) is 6.10. The maximum Gasteiger partial charge on any atom is 0.0424 e. The van der Waals surface area contributed by atoms with Crippen LogP contribution in [0.4, 0.5) is 0 Å². The summed E-state index contributed by atoms with van der Waals surface area (Å²) in [6, 6.07) is 7.54. The maximum atomic E-state index is 6.26. The fourth-order valence-corrected chi connectivity index (χ4v) is 2.30. The van der Waals surface area contributed by atoms with Crippen LogP contribution in [0.25, 0.3) is 0 Å². The molecular formula is C14H22N2. The number of rotatable bonds is 4. The van der Waals surface area contributed by atoms with Crippen molar-refractivity contribution in [2.24, 2.45) is 5.73 Å². The lowest BCUT2D eigenvalue weighted by Gasteiger charge is -2.21. The number of aryl methyl sites for hydroxylation is 2. The van der Waals surface area contributed by atoms with Crippen LogP contribution >= 0.6 is 0 Å². The Labute approximate surface area is 98.4 Å². The van der Waals surface area contributed by atoms with Gasteiger partial charge in [0.05, 0.1) is 0 Å². The average molecular weight is 218 g/mol. The lowest BCUT2D eigenvalue weighted by molar-refractivity contribution is 0.303. The molecule has 0 aromatic heterocycles. The van der Waals surface area contributed by atoms with Gasteiger partial charge in [-0.15, -0.1) is 0 Å². The van der Waals surface area contributed by atoms with Gasteiger partial charge in [-0.05, 0) is 39.3 Å². The van der Waals surface area contributed by atoms with E-state index in [1.54, 1.807) is 0 Å². The van der Waals surface area contributed by atoms with Gasteiger partial charge >= 0.3 is 0 Å². The van der Waals surface area contributed by atoms with Crippen molar-refractivity contribution in [1.29, 1.82) is 0 Å². The number of hydrogen-bond donors (Lipinski definition) is 1. The SMILES string of the molecule is Cc1cc(C)cc(C(N)CN(C)C2CC2)c1. The Morgan fingerprint density at radius 2 is 1.81 bits per heavy atom. The zero-order valence-corrected chi connectivity index (χ0v) is 10.5. The van der Waals surface area contributed by atoms with Crippen LogP contribution < -0.4 is 5.73 Å². The second-order valence-corrected chi connectivity index (χ2v) is 5.20. The molecule has 0 spiro atoms. The van der Waals surface area contributed by atoms with Crippen molar-refractivity contribution in [3.8, 4) is 0 Å². The smallest absolute Gasteiger partial charge is 0.0424 e. The second-order valence-electron chi connectivity index (χ2n) is 5.20. The van der Waals surface area contributed by atoms with Crippen molar-refractivity contribution < 1.29 is 0 Å². The minimum Gasteiger partial charge on any atom is -0.323 e. The highest BCUT2D eigenvalue weighted by atomic mass is 15.2. The molecule has 0 heterocycles. The minimum absolute atomic E-state index is 0.143. The average Bonchev–Trinajstić information content (AvgIpc) is 2.98. The predicted octanol–water partition coefficient (Wildman–Crippen LogP) is 2.40. The first kappa shape index (κ1) is 11.6. The van der Waals surface area contributed by atoms with Gasteiger partial charge in [0.2, 0.25) is 0 Å². The van der Waals surface area contributed by atoms with Gasteiger partial charge < -0.3 is 10.6 Å². The van der Waals surface area contributed by atoms with Gasteiger partial charge in [0.25, 0.3) is 0 Å². The van der Waals surface area contributed by atoms with E-state index in [1.807, 2.05) is 0 Å². The van der Waals surface area contributed by atoms with E-state index in [-0.39, 0.29) is 6.04 Å². The maximum absolute atomic E-state index is 6.26. The van der Waals surface area contributed by atoms with Crippen molar-refractivity contribution >= 4 is 0 Å². The fraction of sp³-hybridized carbons (Fsp3) is 0.571. The van der Waals surface area contributed by atoms with Crippen molar-refractivity contribution in [1.82, 2.24) is 4.90 Å². The topological polar surface area (TPSA) is 29.3 Å². The third-order valence-corrected chi connectivity index (χ3v) is 3.33. The van der Waals surface area contributed by atoms with E-state index in [0.717, 1.165) is 12.6 Å². The zero-order chi connectivity index (χ0) is 11.7. The number of benzene rings is 1. The van der Waals surface area contributed by atoms with Gasteiger partial charge in [-0.2, -0.15) is 0 Å². The Morgan fingerprint density at radius 3 is 2.31 bits per heavy atom. The molecule has 88 valence electrons. The summed E-state index contributed by atoms with van der Waals surface area (Å²) in [4.78, 5) is 2.39. The van der Waals surface area contributed by atoms with E-state index < -0.39 is 0 Å². The molecule has 2 N–H and O–H groups in total. The summed E-state index contributed by atoms with van der Waals surface area (Å²) in [5.41, 5.74) is 10.1. The summed E-state index contributed by atoms with van der Waals surface area (Å²) in [5, 5.41) is 0. The summed E-state index contributed by atoms with van der Waals surface area (Å²) in [7, 11) is 2.18. The molecule has 0 bridgehead atoms. The Bertz CT molecular complexity index is 349. The molecule has 0 radical (unpaired) electrons. The molecule has 0 saturated heterocycles. The number of likely N-dealkylation sites (N-methyl/N-ethyl adjacent to an activating group) is 1. The van der Waals surface area contributed by atoms with Crippen LogP contribution in [0, 0.1) is 13.8 Å². The summed E-state index contributed by atoms with van der Waals surface area (Å²) < 4.78 is 0. The Morgan fingerprint density at radius 1 is 1.25 bits per heavy atom. The van der Waals surface area contributed by atoms with Crippen molar-refractivity contribution in [2.75, 3.05) is 13.6 Å². The first-order chi connectivity index (χ1) is 7.56. The highest BCUT2D eigenvalue weighted by molar-refractivity contribution is 5.30. The van der Waals surface area contributed by atoms with E-state index in [0.29, 0.717) is 0 Å². The highest BCUT2D eigenvalue weighted by Gasteiger charge is 2.27. The van der Waals surface area contributed by atoms with Gasteiger partial charge in [0, 0.05) is 18.6 Å². The third kappa shape index (κ3) is 2.83. The van der Waals surface area contributed by atoms with Crippen molar-refractivity contribution in [2.45, 2.75) is 38.8 Å². The molecule has 1 aromatic rings. The van der Waals surface area contributed by atoms with Gasteiger partial charge in [-0.1, -0.05) is 29.3 Å². The summed E-state index contributed by atoms with van der Waals surface area (Å²) >= 11 is 0. The molecule has 1 atom stereocenters. The number of nitrogens with zero attached hydrogens (tertiary/aromatic N) is 1. The van der Waals surface area contributed by atoms with Crippen LogP contribution in [0.2, 0.25) is 0 Å². The first-order valence-electron chi connectivity index (χ1n) is 6.10. The van der Waals surface area contributed by atoms with E-state index in [9.17, 15) is 0 Å². The monoisotopic (exact) mass is 218 g/mol. The Balaban J connectivity index is 2.04. The van der Waals surface area contributed by atoms with Crippen LogP contribution in [-0.2, 0) is 0 Å². The van der Waals surface area contributed by atoms with Crippen LogP contribution in [0.3, 0.4) is 0 Å². The predicted molar refractivity (Wildman–Crippen MR) is 68.5 cm³/mol. The molecular weight excluding hydrogens is 196 g/mol. The molecule has 0 aliphatic heterocycles. The molecule has 1 aliphatic rings. The molecule has 1 aliphatic carbocycles. The molecule has 1 saturated carbocycles. The lowest BCUT2D eigenvalue weighted by atomic mass is 10.0. The van der Waals surface area contributed by atoms with Crippen LogP contribution in [-0.4, -0.2) is 24.5 Å². The Kier molecular flexibility index (Phi) is 3.31. The van der Waals surface area contributed by atoms with Gasteiger partial charge in [0.1, 0.15) is 0 Å². The van der Waals surface area contributed by atoms with Gasteiger partial charge in [-0.3, -0.25) is 0 Å². The highest BCUT2D eigenvalue weighted by Crippen LogP contribution is 2.27.